The third-order valence-corrected chi connectivity index (χ3v) is 3.33. The highest BCUT2D eigenvalue weighted by atomic mass is 16.1. The number of benzene rings is 1. The molecule has 0 spiro atoms. The molecule has 4 nitrogen and oxygen atoms in total. The molecule has 0 radical (unpaired) electrons. The molecule has 4 heteroatoms. The van der Waals surface area contributed by atoms with Gasteiger partial charge in [-0.1, -0.05) is 32.9 Å². The first-order valence-electron chi connectivity index (χ1n) is 7.09. The van der Waals surface area contributed by atoms with Crippen LogP contribution in [0.5, 0.6) is 0 Å². The van der Waals surface area contributed by atoms with E-state index in [1.54, 1.807) is 12.4 Å². The standard InChI is InChI=1S/C17H21N3O/c1-17(2,3)15-6-4-14(5-7-15)16(21)20-9-8-13-10-18-12-19-11-13/h4-7,10-12H,8-9H2,1-3H3,(H,20,21). The van der Waals surface area contributed by atoms with Crippen LogP contribution in [0.25, 0.3) is 0 Å². The van der Waals surface area contributed by atoms with Gasteiger partial charge in [0.05, 0.1) is 0 Å². The Bertz CT molecular complexity index is 586. The molecule has 0 atom stereocenters. The normalized spacial score (nSPS) is 11.2. The monoisotopic (exact) mass is 283 g/mol. The zero-order chi connectivity index (χ0) is 15.3. The lowest BCUT2D eigenvalue weighted by Crippen LogP contribution is -2.25. The SMILES string of the molecule is CC(C)(C)c1ccc(C(=O)NCCc2cncnc2)cc1. The Morgan fingerprint density at radius 1 is 1.10 bits per heavy atom. The van der Waals surface area contributed by atoms with E-state index in [2.05, 4.69) is 36.1 Å². The predicted molar refractivity (Wildman–Crippen MR) is 83.2 cm³/mol. The van der Waals surface area contributed by atoms with E-state index in [1.807, 2.05) is 24.3 Å². The number of carbonyl (C=O) groups is 1. The molecule has 1 aromatic heterocycles. The lowest BCUT2D eigenvalue weighted by Gasteiger charge is -2.19. The van der Waals surface area contributed by atoms with Crippen molar-refractivity contribution >= 4 is 5.91 Å². The fourth-order valence-corrected chi connectivity index (χ4v) is 2.00. The molecule has 110 valence electrons. The van der Waals surface area contributed by atoms with Crippen molar-refractivity contribution in [2.75, 3.05) is 6.54 Å². The molecule has 0 aliphatic rings. The molecule has 0 aliphatic heterocycles. The Balaban J connectivity index is 1.89. The molecule has 0 saturated heterocycles. The van der Waals surface area contributed by atoms with Gasteiger partial charge in [0.25, 0.3) is 5.91 Å². The first-order chi connectivity index (χ1) is 9.97. The van der Waals surface area contributed by atoms with Crippen LogP contribution in [0.3, 0.4) is 0 Å². The summed E-state index contributed by atoms with van der Waals surface area (Å²) in [6, 6.07) is 7.78. The molecule has 1 amide bonds. The molecule has 0 unspecified atom stereocenters. The molecular weight excluding hydrogens is 262 g/mol. The Morgan fingerprint density at radius 2 is 1.71 bits per heavy atom. The van der Waals surface area contributed by atoms with Gasteiger partial charge in [0.15, 0.2) is 0 Å². The summed E-state index contributed by atoms with van der Waals surface area (Å²) in [5, 5.41) is 2.91. The largest absolute Gasteiger partial charge is 0.352 e. The maximum atomic E-state index is 12.1. The van der Waals surface area contributed by atoms with E-state index in [1.165, 1.54) is 11.9 Å². The van der Waals surface area contributed by atoms with Crippen molar-refractivity contribution in [3.63, 3.8) is 0 Å². The van der Waals surface area contributed by atoms with Gasteiger partial charge in [-0.25, -0.2) is 9.97 Å². The summed E-state index contributed by atoms with van der Waals surface area (Å²) in [7, 11) is 0. The van der Waals surface area contributed by atoms with Gasteiger partial charge in [0.1, 0.15) is 6.33 Å². The predicted octanol–water partition coefficient (Wildman–Crippen LogP) is 2.75. The summed E-state index contributed by atoms with van der Waals surface area (Å²) in [6.07, 6.45) is 5.75. The average Bonchev–Trinajstić information content (AvgIpc) is 2.47. The van der Waals surface area contributed by atoms with Crippen molar-refractivity contribution in [1.82, 2.24) is 15.3 Å². The second-order valence-electron chi connectivity index (χ2n) is 6.08. The van der Waals surface area contributed by atoms with Crippen LogP contribution in [0.15, 0.2) is 43.0 Å². The van der Waals surface area contributed by atoms with Crippen LogP contribution in [-0.2, 0) is 11.8 Å². The van der Waals surface area contributed by atoms with Crippen molar-refractivity contribution in [1.29, 1.82) is 0 Å². The average molecular weight is 283 g/mol. The quantitative estimate of drug-likeness (QED) is 0.938. The first-order valence-corrected chi connectivity index (χ1v) is 7.09. The van der Waals surface area contributed by atoms with Gasteiger partial charge < -0.3 is 5.32 Å². The first kappa shape index (κ1) is 15.2. The Hall–Kier alpha value is -2.23. The van der Waals surface area contributed by atoms with E-state index in [-0.39, 0.29) is 11.3 Å². The van der Waals surface area contributed by atoms with Crippen LogP contribution in [0.2, 0.25) is 0 Å². The summed E-state index contributed by atoms with van der Waals surface area (Å²) in [5.74, 6) is -0.0488. The number of hydrogen-bond donors (Lipinski definition) is 1. The third-order valence-electron chi connectivity index (χ3n) is 3.33. The Kier molecular flexibility index (Phi) is 4.68. The third kappa shape index (κ3) is 4.38. The van der Waals surface area contributed by atoms with E-state index < -0.39 is 0 Å². The number of aromatic nitrogens is 2. The van der Waals surface area contributed by atoms with E-state index in [0.717, 1.165) is 12.0 Å². The van der Waals surface area contributed by atoms with Crippen molar-refractivity contribution in [3.8, 4) is 0 Å². The van der Waals surface area contributed by atoms with E-state index >= 15 is 0 Å². The molecule has 0 fully saturated rings. The number of hydrogen-bond acceptors (Lipinski definition) is 3. The fourth-order valence-electron chi connectivity index (χ4n) is 2.00. The summed E-state index contributed by atoms with van der Waals surface area (Å²) in [6.45, 7) is 7.05. The summed E-state index contributed by atoms with van der Waals surface area (Å²) >= 11 is 0. The molecule has 2 rings (SSSR count). The number of rotatable bonds is 4. The lowest BCUT2D eigenvalue weighted by atomic mass is 9.87. The summed E-state index contributed by atoms with van der Waals surface area (Å²) in [5.41, 5.74) is 3.02. The van der Waals surface area contributed by atoms with Gasteiger partial charge in [-0.2, -0.15) is 0 Å². The minimum absolute atomic E-state index is 0.0488. The molecule has 0 saturated carbocycles. The molecule has 1 heterocycles. The molecule has 21 heavy (non-hydrogen) atoms. The number of nitrogens with zero attached hydrogens (tertiary/aromatic N) is 2. The summed E-state index contributed by atoms with van der Waals surface area (Å²) < 4.78 is 0. The Morgan fingerprint density at radius 3 is 2.29 bits per heavy atom. The van der Waals surface area contributed by atoms with Gasteiger partial charge >= 0.3 is 0 Å². The second kappa shape index (κ2) is 6.48. The highest BCUT2D eigenvalue weighted by Crippen LogP contribution is 2.22. The number of carbonyl (C=O) groups excluding carboxylic acids is 1. The van der Waals surface area contributed by atoms with E-state index in [4.69, 9.17) is 0 Å². The number of nitrogens with one attached hydrogen (secondary N) is 1. The summed E-state index contributed by atoms with van der Waals surface area (Å²) in [4.78, 5) is 20.0. The maximum absolute atomic E-state index is 12.1. The van der Waals surface area contributed by atoms with Gasteiger partial charge in [0, 0.05) is 24.5 Å². The van der Waals surface area contributed by atoms with Crippen molar-refractivity contribution in [3.05, 3.63) is 59.7 Å². The second-order valence-corrected chi connectivity index (χ2v) is 6.08. The van der Waals surface area contributed by atoms with Crippen LogP contribution in [0, 0.1) is 0 Å². The smallest absolute Gasteiger partial charge is 0.251 e. The highest BCUT2D eigenvalue weighted by Gasteiger charge is 2.14. The fraction of sp³-hybridized carbons (Fsp3) is 0.353. The molecule has 0 bridgehead atoms. The van der Waals surface area contributed by atoms with Crippen molar-refractivity contribution in [2.24, 2.45) is 0 Å². The lowest BCUT2D eigenvalue weighted by molar-refractivity contribution is 0.0954. The zero-order valence-electron chi connectivity index (χ0n) is 12.8. The van der Waals surface area contributed by atoms with Gasteiger partial charge in [0.2, 0.25) is 0 Å². The van der Waals surface area contributed by atoms with Crippen LogP contribution >= 0.6 is 0 Å². The van der Waals surface area contributed by atoms with Gasteiger partial charge in [-0.3, -0.25) is 4.79 Å². The van der Waals surface area contributed by atoms with E-state index in [9.17, 15) is 4.79 Å². The van der Waals surface area contributed by atoms with Crippen LogP contribution in [-0.4, -0.2) is 22.4 Å². The van der Waals surface area contributed by atoms with Crippen LogP contribution in [0.4, 0.5) is 0 Å². The minimum Gasteiger partial charge on any atom is -0.352 e. The Labute approximate surface area is 125 Å². The van der Waals surface area contributed by atoms with Crippen LogP contribution in [0.1, 0.15) is 42.3 Å². The van der Waals surface area contributed by atoms with E-state index in [0.29, 0.717) is 12.1 Å². The van der Waals surface area contributed by atoms with Gasteiger partial charge in [-0.05, 0) is 35.1 Å². The molecule has 1 N–H and O–H groups in total. The minimum atomic E-state index is -0.0488. The highest BCUT2D eigenvalue weighted by molar-refractivity contribution is 5.94. The molecule has 2 aromatic rings. The van der Waals surface area contributed by atoms with Gasteiger partial charge in [-0.15, -0.1) is 0 Å². The molecular formula is C17H21N3O. The van der Waals surface area contributed by atoms with Crippen molar-refractivity contribution in [2.45, 2.75) is 32.6 Å². The maximum Gasteiger partial charge on any atom is 0.251 e. The van der Waals surface area contributed by atoms with Crippen LogP contribution < -0.4 is 5.32 Å². The zero-order valence-corrected chi connectivity index (χ0v) is 12.8. The van der Waals surface area contributed by atoms with Crippen molar-refractivity contribution < 1.29 is 4.79 Å². The molecule has 0 aliphatic carbocycles. The molecule has 1 aromatic carbocycles. The number of amides is 1. The topological polar surface area (TPSA) is 54.9 Å².